The molecule has 1 heterocycles. The second-order valence-electron chi connectivity index (χ2n) is 7.14. The van der Waals surface area contributed by atoms with E-state index in [-0.39, 0.29) is 5.41 Å². The van der Waals surface area contributed by atoms with Gasteiger partial charge in [-0.1, -0.05) is 54.7 Å². The van der Waals surface area contributed by atoms with Crippen LogP contribution in [-0.4, -0.2) is 9.82 Å². The lowest BCUT2D eigenvalue weighted by Crippen LogP contribution is -2.14. The summed E-state index contributed by atoms with van der Waals surface area (Å²) in [6.07, 6.45) is 5.07. The largest absolute Gasteiger partial charge is 0.347 e. The van der Waals surface area contributed by atoms with E-state index in [1.807, 2.05) is 11.9 Å². The van der Waals surface area contributed by atoms with Gasteiger partial charge in [-0.05, 0) is 36.0 Å². The number of fused-ring (bicyclic) bond motifs is 1. The molecule has 0 saturated heterocycles. The summed E-state index contributed by atoms with van der Waals surface area (Å²) in [4.78, 5) is 0. The van der Waals surface area contributed by atoms with E-state index in [1.54, 1.807) is 0 Å². The van der Waals surface area contributed by atoms with Crippen LogP contribution in [0.2, 0.25) is 0 Å². The van der Waals surface area contributed by atoms with E-state index in [2.05, 4.69) is 70.4 Å². The normalized spacial score (nSPS) is 15.8. The van der Waals surface area contributed by atoms with Gasteiger partial charge in [0.25, 0.3) is 0 Å². The fourth-order valence-electron chi connectivity index (χ4n) is 2.55. The lowest BCUT2D eigenvalue weighted by Gasteiger charge is -2.19. The monoisotopic (exact) mass is 366 g/mol. The highest BCUT2D eigenvalue weighted by molar-refractivity contribution is 9.10. The number of aromatic nitrogens is 1. The van der Waals surface area contributed by atoms with Crippen LogP contribution in [0, 0.1) is 5.41 Å². The second-order valence-corrected chi connectivity index (χ2v) is 9.25. The Kier molecular flexibility index (Phi) is 4.40. The standard InChI is InChI=1S/C17H23BrN2S/c1-17(2,3)11-20-10-12(9-19-21-14-5-6-14)15-7-4-13(18)8-16(15)20/h4,7-8,10,14,19H,5-6,9,11H2,1-3H3. The average Bonchev–Trinajstić information content (AvgIpc) is 3.14. The molecule has 4 heteroatoms. The smallest absolute Gasteiger partial charge is 0.0495 e. The van der Waals surface area contributed by atoms with Crippen molar-refractivity contribution in [2.75, 3.05) is 0 Å². The van der Waals surface area contributed by atoms with Crippen LogP contribution in [0.3, 0.4) is 0 Å². The fraction of sp³-hybridized carbons (Fsp3) is 0.529. The number of hydrogen-bond donors (Lipinski definition) is 1. The summed E-state index contributed by atoms with van der Waals surface area (Å²) in [5, 5.41) is 2.22. The average molecular weight is 367 g/mol. The van der Waals surface area contributed by atoms with Gasteiger partial charge in [0, 0.05) is 39.9 Å². The fourth-order valence-corrected chi connectivity index (χ4v) is 3.74. The first kappa shape index (κ1) is 15.4. The maximum Gasteiger partial charge on any atom is 0.0495 e. The molecular weight excluding hydrogens is 344 g/mol. The van der Waals surface area contributed by atoms with Gasteiger partial charge in [0.15, 0.2) is 0 Å². The van der Waals surface area contributed by atoms with Gasteiger partial charge in [-0.3, -0.25) is 4.72 Å². The van der Waals surface area contributed by atoms with Crippen molar-refractivity contribution in [1.82, 2.24) is 9.29 Å². The number of nitrogens with zero attached hydrogens (tertiary/aromatic N) is 1. The Morgan fingerprint density at radius 2 is 2.10 bits per heavy atom. The molecule has 2 nitrogen and oxygen atoms in total. The molecule has 1 fully saturated rings. The highest BCUT2D eigenvalue weighted by atomic mass is 79.9. The lowest BCUT2D eigenvalue weighted by atomic mass is 9.97. The molecule has 1 saturated carbocycles. The maximum absolute atomic E-state index is 3.60. The summed E-state index contributed by atoms with van der Waals surface area (Å²) in [6.45, 7) is 8.85. The zero-order valence-corrected chi connectivity index (χ0v) is 15.4. The topological polar surface area (TPSA) is 17.0 Å². The number of rotatable bonds is 5. The zero-order valence-electron chi connectivity index (χ0n) is 12.9. The first-order valence-electron chi connectivity index (χ1n) is 7.58. The van der Waals surface area contributed by atoms with Crippen molar-refractivity contribution >= 4 is 38.8 Å². The van der Waals surface area contributed by atoms with Crippen LogP contribution in [-0.2, 0) is 13.1 Å². The third-order valence-electron chi connectivity index (χ3n) is 3.61. The molecular formula is C17H23BrN2S. The van der Waals surface area contributed by atoms with Gasteiger partial charge >= 0.3 is 0 Å². The lowest BCUT2D eigenvalue weighted by molar-refractivity contribution is 0.349. The third kappa shape index (κ3) is 4.05. The van der Waals surface area contributed by atoms with Crippen molar-refractivity contribution < 1.29 is 0 Å². The minimum absolute atomic E-state index is 0.279. The SMILES string of the molecule is CC(C)(C)Cn1cc(CNSC2CC2)c2ccc(Br)cc21. The maximum atomic E-state index is 3.60. The Morgan fingerprint density at radius 3 is 2.76 bits per heavy atom. The molecule has 1 aromatic carbocycles. The highest BCUT2D eigenvalue weighted by Gasteiger charge is 2.22. The summed E-state index contributed by atoms with van der Waals surface area (Å²) < 4.78 is 7.09. The molecule has 2 aromatic rings. The summed E-state index contributed by atoms with van der Waals surface area (Å²) >= 11 is 5.51. The van der Waals surface area contributed by atoms with Gasteiger partial charge in [-0.2, -0.15) is 0 Å². The predicted molar refractivity (Wildman–Crippen MR) is 96.5 cm³/mol. The number of halogens is 1. The molecule has 0 atom stereocenters. The van der Waals surface area contributed by atoms with Gasteiger partial charge in [-0.25, -0.2) is 0 Å². The Morgan fingerprint density at radius 1 is 1.33 bits per heavy atom. The van der Waals surface area contributed by atoms with E-state index in [0.29, 0.717) is 0 Å². The van der Waals surface area contributed by atoms with Crippen LogP contribution >= 0.6 is 27.9 Å². The van der Waals surface area contributed by atoms with Crippen molar-refractivity contribution in [2.24, 2.45) is 5.41 Å². The molecule has 0 aliphatic heterocycles. The van der Waals surface area contributed by atoms with Gasteiger partial charge in [0.05, 0.1) is 0 Å². The third-order valence-corrected chi connectivity index (χ3v) is 5.22. The molecule has 1 N–H and O–H groups in total. The van der Waals surface area contributed by atoms with Crippen molar-refractivity contribution in [3.8, 4) is 0 Å². The molecule has 1 aliphatic carbocycles. The second kappa shape index (κ2) is 5.98. The van der Waals surface area contributed by atoms with Gasteiger partial charge < -0.3 is 4.57 Å². The molecule has 21 heavy (non-hydrogen) atoms. The van der Waals surface area contributed by atoms with Crippen LogP contribution in [0.15, 0.2) is 28.9 Å². The molecule has 0 amide bonds. The van der Waals surface area contributed by atoms with Crippen molar-refractivity contribution in [1.29, 1.82) is 0 Å². The Labute approximate surface area is 139 Å². The summed E-state index contributed by atoms with van der Waals surface area (Å²) in [6, 6.07) is 6.61. The van der Waals surface area contributed by atoms with E-state index >= 15 is 0 Å². The first-order chi connectivity index (χ1) is 9.92. The molecule has 0 bridgehead atoms. The quantitative estimate of drug-likeness (QED) is 0.718. The number of hydrogen-bond acceptors (Lipinski definition) is 2. The summed E-state index contributed by atoms with van der Waals surface area (Å²) in [5.41, 5.74) is 3.00. The summed E-state index contributed by atoms with van der Waals surface area (Å²) in [5.74, 6) is 0. The van der Waals surface area contributed by atoms with E-state index in [4.69, 9.17) is 0 Å². The molecule has 0 radical (unpaired) electrons. The van der Waals surface area contributed by atoms with Gasteiger partial charge in [0.1, 0.15) is 0 Å². The van der Waals surface area contributed by atoms with E-state index < -0.39 is 0 Å². The Hall–Kier alpha value is -0.450. The molecule has 114 valence electrons. The molecule has 1 aliphatic rings. The minimum atomic E-state index is 0.279. The van der Waals surface area contributed by atoms with Gasteiger partial charge in [0.2, 0.25) is 0 Å². The number of nitrogens with one attached hydrogen (secondary N) is 1. The van der Waals surface area contributed by atoms with Gasteiger partial charge in [-0.15, -0.1) is 0 Å². The van der Waals surface area contributed by atoms with E-state index in [0.717, 1.165) is 22.8 Å². The molecule has 3 rings (SSSR count). The van der Waals surface area contributed by atoms with E-state index in [1.165, 1.54) is 29.3 Å². The summed E-state index contributed by atoms with van der Waals surface area (Å²) in [7, 11) is 0. The molecule has 0 spiro atoms. The number of benzene rings is 1. The van der Waals surface area contributed by atoms with Crippen LogP contribution in [0.25, 0.3) is 10.9 Å². The van der Waals surface area contributed by atoms with E-state index in [9.17, 15) is 0 Å². The molecule has 0 unspecified atom stereocenters. The van der Waals surface area contributed by atoms with Crippen molar-refractivity contribution in [3.05, 3.63) is 34.4 Å². The highest BCUT2D eigenvalue weighted by Crippen LogP contribution is 2.33. The predicted octanol–water partition coefficient (Wildman–Crippen LogP) is 5.35. The first-order valence-corrected chi connectivity index (χ1v) is 9.25. The Balaban J connectivity index is 1.87. The van der Waals surface area contributed by atoms with Crippen LogP contribution in [0.1, 0.15) is 39.2 Å². The van der Waals surface area contributed by atoms with Crippen LogP contribution in [0.4, 0.5) is 0 Å². The Bertz CT molecular complexity index is 638. The minimum Gasteiger partial charge on any atom is -0.347 e. The van der Waals surface area contributed by atoms with Crippen LogP contribution in [0.5, 0.6) is 0 Å². The zero-order chi connectivity index (χ0) is 15.0. The van der Waals surface area contributed by atoms with Crippen LogP contribution < -0.4 is 4.72 Å². The van der Waals surface area contributed by atoms with Crippen molar-refractivity contribution in [2.45, 2.75) is 52.0 Å². The van der Waals surface area contributed by atoms with Crippen molar-refractivity contribution in [3.63, 3.8) is 0 Å². The molecule has 1 aromatic heterocycles.